The highest BCUT2D eigenvalue weighted by molar-refractivity contribution is 7.80. The number of piperazine rings is 1. The molecule has 0 bridgehead atoms. The van der Waals surface area contributed by atoms with Gasteiger partial charge in [-0.2, -0.15) is 0 Å². The lowest BCUT2D eigenvalue weighted by atomic mass is 10.3. The second kappa shape index (κ2) is 5.37. The van der Waals surface area contributed by atoms with Crippen LogP contribution in [0.1, 0.15) is 12.6 Å². The van der Waals surface area contributed by atoms with Crippen LogP contribution in [0.4, 0.5) is 5.82 Å². The molecule has 0 spiro atoms. The van der Waals surface area contributed by atoms with E-state index in [-0.39, 0.29) is 0 Å². The molecule has 0 unspecified atom stereocenters. The lowest BCUT2D eigenvalue weighted by Crippen LogP contribution is -2.46. The van der Waals surface area contributed by atoms with E-state index in [0.29, 0.717) is 10.7 Å². The maximum Gasteiger partial charge on any atom is 0.147 e. The summed E-state index contributed by atoms with van der Waals surface area (Å²) >= 11 is 4.85. The van der Waals surface area contributed by atoms with Gasteiger partial charge < -0.3 is 15.5 Å². The molecule has 1 fully saturated rings. The molecule has 92 valence electrons. The van der Waals surface area contributed by atoms with Crippen LogP contribution < -0.4 is 10.6 Å². The maximum atomic E-state index is 5.49. The first-order valence-electron chi connectivity index (χ1n) is 5.80. The van der Waals surface area contributed by atoms with Crippen molar-refractivity contribution in [3.05, 3.63) is 18.1 Å². The zero-order valence-corrected chi connectivity index (χ0v) is 10.8. The van der Waals surface area contributed by atoms with E-state index in [1.807, 2.05) is 0 Å². The van der Waals surface area contributed by atoms with E-state index in [1.54, 1.807) is 12.4 Å². The van der Waals surface area contributed by atoms with Crippen LogP contribution in [0.15, 0.2) is 12.4 Å². The Bertz CT molecular complexity index is 383. The number of hydrogen-bond donors (Lipinski definition) is 1. The van der Waals surface area contributed by atoms with Gasteiger partial charge in [0, 0.05) is 26.2 Å². The van der Waals surface area contributed by atoms with Crippen LogP contribution in [-0.2, 0) is 0 Å². The first-order valence-corrected chi connectivity index (χ1v) is 6.20. The van der Waals surface area contributed by atoms with Gasteiger partial charge in [-0.25, -0.2) is 9.97 Å². The predicted molar refractivity (Wildman–Crippen MR) is 72.2 cm³/mol. The lowest BCUT2D eigenvalue weighted by molar-refractivity contribution is 0.270. The highest BCUT2D eigenvalue weighted by Gasteiger charge is 2.16. The van der Waals surface area contributed by atoms with Crippen molar-refractivity contribution >= 4 is 23.0 Å². The van der Waals surface area contributed by atoms with Gasteiger partial charge in [-0.3, -0.25) is 0 Å². The molecule has 0 aliphatic carbocycles. The lowest BCUT2D eigenvalue weighted by Gasteiger charge is -2.34. The second-order valence-electron chi connectivity index (χ2n) is 4.05. The molecule has 0 radical (unpaired) electrons. The van der Waals surface area contributed by atoms with Gasteiger partial charge in [0.15, 0.2) is 0 Å². The molecule has 1 aliphatic heterocycles. The largest absolute Gasteiger partial charge is 0.388 e. The fourth-order valence-electron chi connectivity index (χ4n) is 1.90. The first-order chi connectivity index (χ1) is 8.20. The van der Waals surface area contributed by atoms with Crippen molar-refractivity contribution in [3.63, 3.8) is 0 Å². The average Bonchev–Trinajstić information content (AvgIpc) is 2.39. The van der Waals surface area contributed by atoms with Gasteiger partial charge in [0.1, 0.15) is 16.5 Å². The Balaban J connectivity index is 2.01. The van der Waals surface area contributed by atoms with Crippen molar-refractivity contribution in [1.82, 2.24) is 14.9 Å². The quantitative estimate of drug-likeness (QED) is 0.777. The van der Waals surface area contributed by atoms with E-state index in [4.69, 9.17) is 18.0 Å². The summed E-state index contributed by atoms with van der Waals surface area (Å²) in [5, 5.41) is 0. The molecule has 0 atom stereocenters. The molecule has 0 saturated carbocycles. The smallest absolute Gasteiger partial charge is 0.147 e. The van der Waals surface area contributed by atoms with Crippen LogP contribution in [0, 0.1) is 0 Å². The van der Waals surface area contributed by atoms with E-state index < -0.39 is 0 Å². The molecule has 1 aromatic rings. The summed E-state index contributed by atoms with van der Waals surface area (Å²) in [6, 6.07) is 0. The Morgan fingerprint density at radius 3 is 2.47 bits per heavy atom. The highest BCUT2D eigenvalue weighted by Crippen LogP contribution is 2.12. The maximum absolute atomic E-state index is 5.49. The van der Waals surface area contributed by atoms with Gasteiger partial charge in [-0.15, -0.1) is 0 Å². The van der Waals surface area contributed by atoms with E-state index in [0.717, 1.165) is 38.5 Å². The average molecular weight is 251 g/mol. The minimum atomic E-state index is 0.292. The summed E-state index contributed by atoms with van der Waals surface area (Å²) in [6.07, 6.45) is 3.39. The van der Waals surface area contributed by atoms with Gasteiger partial charge >= 0.3 is 0 Å². The van der Waals surface area contributed by atoms with Gasteiger partial charge in [0.05, 0.1) is 12.4 Å². The van der Waals surface area contributed by atoms with Crippen LogP contribution in [0.2, 0.25) is 0 Å². The van der Waals surface area contributed by atoms with E-state index in [1.165, 1.54) is 0 Å². The number of rotatable bonds is 3. The molecule has 2 rings (SSSR count). The van der Waals surface area contributed by atoms with Crippen LogP contribution in [0.3, 0.4) is 0 Å². The van der Waals surface area contributed by atoms with Crippen molar-refractivity contribution in [2.75, 3.05) is 37.6 Å². The Hall–Kier alpha value is -1.27. The van der Waals surface area contributed by atoms with Gasteiger partial charge in [0.2, 0.25) is 0 Å². The van der Waals surface area contributed by atoms with Crippen molar-refractivity contribution < 1.29 is 0 Å². The third-order valence-electron chi connectivity index (χ3n) is 3.03. The number of aromatic nitrogens is 2. The number of hydrogen-bond acceptors (Lipinski definition) is 5. The summed E-state index contributed by atoms with van der Waals surface area (Å²) < 4.78 is 0. The van der Waals surface area contributed by atoms with Gasteiger partial charge in [0.25, 0.3) is 0 Å². The first kappa shape index (κ1) is 12.2. The molecule has 2 heterocycles. The SMILES string of the molecule is CCN1CCN(c2cnc(C(N)=S)cn2)CC1. The minimum absolute atomic E-state index is 0.292. The number of likely N-dealkylation sites (N-methyl/N-ethyl adjacent to an activating group) is 1. The molecular weight excluding hydrogens is 234 g/mol. The standard InChI is InChI=1S/C11H17N5S/c1-2-15-3-5-16(6-4-15)10-8-13-9(7-14-10)11(12)17/h7-8H,2-6H2,1H3,(H2,12,17). The zero-order valence-electron chi connectivity index (χ0n) is 9.96. The second-order valence-corrected chi connectivity index (χ2v) is 4.49. The Morgan fingerprint density at radius 2 is 2.00 bits per heavy atom. The van der Waals surface area contributed by atoms with E-state index in [9.17, 15) is 0 Å². The molecule has 2 N–H and O–H groups in total. The molecule has 0 amide bonds. The van der Waals surface area contributed by atoms with Crippen molar-refractivity contribution in [2.24, 2.45) is 5.73 Å². The van der Waals surface area contributed by atoms with Crippen LogP contribution in [-0.4, -0.2) is 52.6 Å². The number of anilines is 1. The number of nitrogens with zero attached hydrogens (tertiary/aromatic N) is 4. The topological polar surface area (TPSA) is 58.3 Å². The fraction of sp³-hybridized carbons (Fsp3) is 0.545. The van der Waals surface area contributed by atoms with Crippen molar-refractivity contribution in [2.45, 2.75) is 6.92 Å². The third-order valence-corrected chi connectivity index (χ3v) is 3.24. The molecule has 0 aromatic carbocycles. The molecular formula is C11H17N5S. The Kier molecular flexibility index (Phi) is 3.86. The summed E-state index contributed by atoms with van der Waals surface area (Å²) in [5.74, 6) is 0.903. The van der Waals surface area contributed by atoms with Crippen LogP contribution >= 0.6 is 12.2 Å². The zero-order chi connectivity index (χ0) is 12.3. The number of thiocarbonyl (C=S) groups is 1. The normalized spacial score (nSPS) is 17.1. The fourth-order valence-corrected chi connectivity index (χ4v) is 2.01. The monoisotopic (exact) mass is 251 g/mol. The molecule has 1 aliphatic rings. The van der Waals surface area contributed by atoms with E-state index >= 15 is 0 Å². The molecule has 17 heavy (non-hydrogen) atoms. The van der Waals surface area contributed by atoms with Crippen LogP contribution in [0.25, 0.3) is 0 Å². The van der Waals surface area contributed by atoms with Gasteiger partial charge in [-0.05, 0) is 6.54 Å². The molecule has 1 aromatic heterocycles. The third kappa shape index (κ3) is 2.89. The van der Waals surface area contributed by atoms with Crippen molar-refractivity contribution in [1.29, 1.82) is 0 Å². The summed E-state index contributed by atoms with van der Waals surface area (Å²) in [5.41, 5.74) is 6.07. The van der Waals surface area contributed by atoms with Crippen LogP contribution in [0.5, 0.6) is 0 Å². The highest BCUT2D eigenvalue weighted by atomic mass is 32.1. The predicted octanol–water partition coefficient (Wildman–Crippen LogP) is 0.253. The Morgan fingerprint density at radius 1 is 1.29 bits per heavy atom. The molecule has 6 heteroatoms. The number of nitrogens with two attached hydrogens (primary N) is 1. The van der Waals surface area contributed by atoms with Gasteiger partial charge in [-0.1, -0.05) is 19.1 Å². The summed E-state index contributed by atoms with van der Waals surface area (Å²) in [4.78, 5) is 13.5. The van der Waals surface area contributed by atoms with Crippen molar-refractivity contribution in [3.8, 4) is 0 Å². The molecule has 5 nitrogen and oxygen atoms in total. The Labute approximate surface area is 107 Å². The van der Waals surface area contributed by atoms with E-state index in [2.05, 4.69) is 26.7 Å². The summed E-state index contributed by atoms with van der Waals surface area (Å²) in [6.45, 7) is 7.45. The molecule has 1 saturated heterocycles. The summed E-state index contributed by atoms with van der Waals surface area (Å²) in [7, 11) is 0. The minimum Gasteiger partial charge on any atom is -0.388 e.